The van der Waals surface area contributed by atoms with Crippen molar-refractivity contribution in [3.8, 4) is 5.75 Å². The molecule has 5 nitrogen and oxygen atoms in total. The van der Waals surface area contributed by atoms with Crippen LogP contribution in [0, 0.1) is 19.8 Å². The van der Waals surface area contributed by atoms with Gasteiger partial charge in [0.15, 0.2) is 6.61 Å². The Hall–Kier alpha value is -2.04. The molecule has 1 N–H and O–H groups in total. The van der Waals surface area contributed by atoms with Crippen molar-refractivity contribution in [2.24, 2.45) is 5.92 Å². The van der Waals surface area contributed by atoms with E-state index in [4.69, 9.17) is 9.84 Å². The lowest BCUT2D eigenvalue weighted by molar-refractivity contribution is -0.143. The first-order valence-electron chi connectivity index (χ1n) is 6.48. The van der Waals surface area contributed by atoms with Crippen molar-refractivity contribution in [2.75, 3.05) is 20.2 Å². The van der Waals surface area contributed by atoms with Crippen molar-refractivity contribution in [3.63, 3.8) is 0 Å². The lowest BCUT2D eigenvalue weighted by Gasteiger charge is -2.20. The molecule has 0 aromatic heterocycles. The molecule has 20 heavy (non-hydrogen) atoms. The maximum Gasteiger partial charge on any atom is 0.308 e. The number of hydrogen-bond donors (Lipinski definition) is 1. The predicted molar refractivity (Wildman–Crippen MR) is 75.8 cm³/mol. The molecule has 0 radical (unpaired) electrons. The van der Waals surface area contributed by atoms with Crippen molar-refractivity contribution >= 4 is 11.9 Å². The Kier molecular flexibility index (Phi) is 5.55. The number of aliphatic carboxylic acids is 1. The summed E-state index contributed by atoms with van der Waals surface area (Å²) in [6.07, 6.45) is 0. The summed E-state index contributed by atoms with van der Waals surface area (Å²) in [6, 6.07) is 5.77. The first-order valence-corrected chi connectivity index (χ1v) is 6.48. The summed E-state index contributed by atoms with van der Waals surface area (Å²) in [5.41, 5.74) is 1.94. The third-order valence-corrected chi connectivity index (χ3v) is 3.14. The van der Waals surface area contributed by atoms with Crippen LogP contribution < -0.4 is 4.74 Å². The molecule has 0 saturated heterocycles. The normalized spacial score (nSPS) is 11.8. The lowest BCUT2D eigenvalue weighted by Crippen LogP contribution is -2.36. The van der Waals surface area contributed by atoms with E-state index in [1.807, 2.05) is 32.0 Å². The number of hydrogen-bond acceptors (Lipinski definition) is 3. The number of aryl methyl sites for hydroxylation is 2. The number of carbonyl (C=O) groups excluding carboxylic acids is 1. The molecule has 1 amide bonds. The van der Waals surface area contributed by atoms with Crippen LogP contribution in [0.4, 0.5) is 0 Å². The van der Waals surface area contributed by atoms with Gasteiger partial charge in [0, 0.05) is 13.6 Å². The van der Waals surface area contributed by atoms with Gasteiger partial charge in [0.2, 0.25) is 0 Å². The molecule has 0 bridgehead atoms. The van der Waals surface area contributed by atoms with Gasteiger partial charge < -0.3 is 14.7 Å². The van der Waals surface area contributed by atoms with E-state index >= 15 is 0 Å². The Labute approximate surface area is 119 Å². The van der Waals surface area contributed by atoms with Crippen molar-refractivity contribution in [2.45, 2.75) is 20.8 Å². The number of benzene rings is 1. The topological polar surface area (TPSA) is 66.8 Å². The van der Waals surface area contributed by atoms with Gasteiger partial charge in [-0.2, -0.15) is 0 Å². The number of carboxylic acids is 1. The van der Waals surface area contributed by atoms with Gasteiger partial charge >= 0.3 is 5.97 Å². The molecule has 1 atom stereocenters. The predicted octanol–water partition coefficient (Wildman–Crippen LogP) is 1.86. The number of carboxylic acid groups (broad SMARTS) is 1. The second kappa shape index (κ2) is 6.93. The molecule has 1 unspecified atom stereocenters. The molecule has 0 saturated carbocycles. The monoisotopic (exact) mass is 279 g/mol. The number of nitrogens with zero attached hydrogens (tertiary/aromatic N) is 1. The number of ether oxygens (including phenoxy) is 1. The van der Waals surface area contributed by atoms with E-state index in [1.54, 1.807) is 14.0 Å². The van der Waals surface area contributed by atoms with E-state index in [0.717, 1.165) is 11.1 Å². The average molecular weight is 279 g/mol. The van der Waals surface area contributed by atoms with Gasteiger partial charge in [-0.25, -0.2) is 0 Å². The first kappa shape index (κ1) is 16.0. The molecule has 0 aliphatic heterocycles. The van der Waals surface area contributed by atoms with Crippen LogP contribution in [0.2, 0.25) is 0 Å². The number of likely N-dealkylation sites (N-methyl/N-ethyl adjacent to an activating group) is 1. The van der Waals surface area contributed by atoms with E-state index in [1.165, 1.54) is 4.90 Å². The van der Waals surface area contributed by atoms with Gasteiger partial charge in [-0.15, -0.1) is 0 Å². The minimum Gasteiger partial charge on any atom is -0.483 e. The summed E-state index contributed by atoms with van der Waals surface area (Å²) >= 11 is 0. The van der Waals surface area contributed by atoms with E-state index in [9.17, 15) is 9.59 Å². The molecular weight excluding hydrogens is 258 g/mol. The fourth-order valence-corrected chi connectivity index (χ4v) is 1.86. The SMILES string of the molecule is Cc1cccc(C)c1OCC(=O)N(C)CC(C)C(=O)O. The van der Waals surface area contributed by atoms with Crippen LogP contribution in [0.3, 0.4) is 0 Å². The van der Waals surface area contributed by atoms with Crippen LogP contribution in [0.1, 0.15) is 18.1 Å². The summed E-state index contributed by atoms with van der Waals surface area (Å²) in [7, 11) is 1.58. The fraction of sp³-hybridized carbons (Fsp3) is 0.467. The summed E-state index contributed by atoms with van der Waals surface area (Å²) in [5.74, 6) is -1.04. The Morgan fingerprint density at radius 2 is 1.85 bits per heavy atom. The van der Waals surface area contributed by atoms with Crippen LogP contribution in [0.15, 0.2) is 18.2 Å². The zero-order chi connectivity index (χ0) is 15.3. The van der Waals surface area contributed by atoms with E-state index < -0.39 is 11.9 Å². The minimum absolute atomic E-state index is 0.0888. The zero-order valence-electron chi connectivity index (χ0n) is 12.3. The van der Waals surface area contributed by atoms with Gasteiger partial charge in [-0.1, -0.05) is 25.1 Å². The minimum atomic E-state index is -0.916. The molecule has 0 aliphatic carbocycles. The molecule has 1 aromatic carbocycles. The standard InChI is InChI=1S/C15H21NO4/c1-10-6-5-7-11(2)14(10)20-9-13(17)16(4)8-12(3)15(18)19/h5-7,12H,8-9H2,1-4H3,(H,18,19). The first-order chi connectivity index (χ1) is 9.32. The largest absolute Gasteiger partial charge is 0.483 e. The molecule has 1 aromatic rings. The average Bonchev–Trinajstić information content (AvgIpc) is 2.37. The summed E-state index contributed by atoms with van der Waals surface area (Å²) in [4.78, 5) is 24.0. The van der Waals surface area contributed by atoms with E-state index in [-0.39, 0.29) is 19.1 Å². The van der Waals surface area contributed by atoms with Gasteiger partial charge in [0.05, 0.1) is 5.92 Å². The quantitative estimate of drug-likeness (QED) is 0.863. The summed E-state index contributed by atoms with van der Waals surface area (Å²) < 4.78 is 5.55. The van der Waals surface area contributed by atoms with Crippen LogP contribution in [0.5, 0.6) is 5.75 Å². The second-order valence-corrected chi connectivity index (χ2v) is 5.02. The molecule has 1 rings (SSSR count). The van der Waals surface area contributed by atoms with Crippen molar-refractivity contribution in [1.29, 1.82) is 0 Å². The number of carbonyl (C=O) groups is 2. The Bertz CT molecular complexity index is 478. The maximum atomic E-state index is 11.9. The smallest absolute Gasteiger partial charge is 0.308 e. The Morgan fingerprint density at radius 1 is 1.30 bits per heavy atom. The van der Waals surface area contributed by atoms with Crippen molar-refractivity contribution in [1.82, 2.24) is 4.90 Å². The van der Waals surface area contributed by atoms with Gasteiger partial charge in [0.1, 0.15) is 5.75 Å². The van der Waals surface area contributed by atoms with Gasteiger partial charge in [-0.05, 0) is 25.0 Å². The Morgan fingerprint density at radius 3 is 2.35 bits per heavy atom. The van der Waals surface area contributed by atoms with Crippen LogP contribution in [-0.2, 0) is 9.59 Å². The van der Waals surface area contributed by atoms with Gasteiger partial charge in [0.25, 0.3) is 5.91 Å². The Balaban J connectivity index is 2.57. The van der Waals surface area contributed by atoms with Crippen LogP contribution in [-0.4, -0.2) is 42.1 Å². The highest BCUT2D eigenvalue weighted by atomic mass is 16.5. The molecule has 110 valence electrons. The third kappa shape index (κ3) is 4.26. The molecule has 0 spiro atoms. The molecule has 0 aliphatic rings. The summed E-state index contributed by atoms with van der Waals surface area (Å²) in [5, 5.41) is 8.82. The fourth-order valence-electron chi connectivity index (χ4n) is 1.86. The van der Waals surface area contributed by atoms with Crippen LogP contribution in [0.25, 0.3) is 0 Å². The van der Waals surface area contributed by atoms with Crippen LogP contribution >= 0.6 is 0 Å². The highest BCUT2D eigenvalue weighted by Crippen LogP contribution is 2.22. The van der Waals surface area contributed by atoms with E-state index in [2.05, 4.69) is 0 Å². The number of rotatable bonds is 6. The summed E-state index contributed by atoms with van der Waals surface area (Å²) in [6.45, 7) is 5.49. The molecule has 0 heterocycles. The van der Waals surface area contributed by atoms with E-state index in [0.29, 0.717) is 5.75 Å². The number of para-hydroxylation sites is 1. The second-order valence-electron chi connectivity index (χ2n) is 5.02. The van der Waals surface area contributed by atoms with Crippen molar-refractivity contribution in [3.05, 3.63) is 29.3 Å². The molecule has 0 fully saturated rings. The zero-order valence-corrected chi connectivity index (χ0v) is 12.3. The lowest BCUT2D eigenvalue weighted by atomic mass is 10.1. The highest BCUT2D eigenvalue weighted by molar-refractivity contribution is 5.78. The highest BCUT2D eigenvalue weighted by Gasteiger charge is 2.18. The number of amides is 1. The van der Waals surface area contributed by atoms with Crippen molar-refractivity contribution < 1.29 is 19.4 Å². The van der Waals surface area contributed by atoms with Gasteiger partial charge in [-0.3, -0.25) is 9.59 Å². The third-order valence-electron chi connectivity index (χ3n) is 3.14. The maximum absolute atomic E-state index is 11.9. The molecular formula is C15H21NO4. The molecule has 5 heteroatoms.